The van der Waals surface area contributed by atoms with Crippen molar-refractivity contribution in [2.24, 2.45) is 28.6 Å². The molecule has 9 rings (SSSR count). The van der Waals surface area contributed by atoms with Gasteiger partial charge in [-0.25, -0.2) is 10.3 Å². The maximum absolute atomic E-state index is 13.4. The number of phenols is 1. The summed E-state index contributed by atoms with van der Waals surface area (Å²) >= 11 is 0. The van der Waals surface area contributed by atoms with Crippen LogP contribution in [0.1, 0.15) is 83.6 Å². The summed E-state index contributed by atoms with van der Waals surface area (Å²) < 4.78 is 51.4. The van der Waals surface area contributed by atoms with E-state index in [1.54, 1.807) is 13.0 Å². The Morgan fingerprint density at radius 1 is 0.816 bits per heavy atom. The third-order valence-corrected chi connectivity index (χ3v) is 18.2. The summed E-state index contributed by atoms with van der Waals surface area (Å²) in [5.74, 6) is -1.71. The molecular formula is C52H73NO23. The number of carbonyl (C=O) groups excluding carboxylic acids is 3. The van der Waals surface area contributed by atoms with Crippen LogP contribution in [0.4, 0.5) is 0 Å². The zero-order chi connectivity index (χ0) is 54.6. The maximum Gasteiger partial charge on any atom is 0.331 e. The van der Waals surface area contributed by atoms with Gasteiger partial charge >= 0.3 is 5.97 Å². The molecule has 4 heterocycles. The van der Waals surface area contributed by atoms with Gasteiger partial charge in [-0.15, -0.1) is 0 Å². The number of cyclic esters (lactones) is 1. The minimum atomic E-state index is -1.93. The smallest absolute Gasteiger partial charge is 0.331 e. The van der Waals surface area contributed by atoms with Crippen molar-refractivity contribution in [3.63, 3.8) is 0 Å². The average molecular weight is 1080 g/mol. The Morgan fingerprint density at radius 3 is 2.13 bits per heavy atom. The summed E-state index contributed by atoms with van der Waals surface area (Å²) in [6.07, 6.45) is -13.4. The van der Waals surface area contributed by atoms with E-state index in [4.69, 9.17) is 47.5 Å². The zero-order valence-corrected chi connectivity index (χ0v) is 42.8. The second-order valence-corrected chi connectivity index (χ2v) is 22.1. The number of carbonyl (C=O) groups is 3. The number of nitrogens with one attached hydrogen (secondary N) is 1. The monoisotopic (exact) mass is 1080 g/mol. The van der Waals surface area contributed by atoms with Crippen molar-refractivity contribution in [1.29, 1.82) is 0 Å². The van der Waals surface area contributed by atoms with Gasteiger partial charge in [0.05, 0.1) is 55.8 Å². The molecule has 4 saturated carbocycles. The first-order valence-electron chi connectivity index (χ1n) is 26.1. The van der Waals surface area contributed by atoms with E-state index >= 15 is 0 Å². The number of hydroxylamine groups is 1. The van der Waals surface area contributed by atoms with E-state index < -0.39 is 133 Å². The Labute approximate surface area is 438 Å². The fourth-order valence-corrected chi connectivity index (χ4v) is 14.2. The number of amides is 1. The van der Waals surface area contributed by atoms with Crippen molar-refractivity contribution in [3.8, 4) is 17.2 Å². The first-order valence-corrected chi connectivity index (χ1v) is 26.1. The average Bonchev–Trinajstić information content (AvgIpc) is 4.03. The second-order valence-electron chi connectivity index (χ2n) is 22.1. The quantitative estimate of drug-likeness (QED) is 0.0308. The third kappa shape index (κ3) is 10.1. The van der Waals surface area contributed by atoms with Gasteiger partial charge in [0.1, 0.15) is 74.4 Å². The predicted molar refractivity (Wildman–Crippen MR) is 256 cm³/mol. The van der Waals surface area contributed by atoms with Crippen LogP contribution in [-0.2, 0) is 52.4 Å². The van der Waals surface area contributed by atoms with Crippen molar-refractivity contribution in [2.75, 3.05) is 34.0 Å². The molecule has 0 aromatic heterocycles. The number of esters is 1. The summed E-state index contributed by atoms with van der Waals surface area (Å²) in [5, 5.41) is 112. The highest BCUT2D eigenvalue weighted by molar-refractivity contribution is 5.91. The molecule has 0 radical (unpaired) electrons. The summed E-state index contributed by atoms with van der Waals surface area (Å²) in [6, 6.07) is 2.90. The Kier molecular flexibility index (Phi) is 16.7. The number of benzene rings is 1. The Bertz CT molecular complexity index is 2300. The number of methoxy groups -OCH3 is 2. The van der Waals surface area contributed by atoms with Crippen LogP contribution in [0.15, 0.2) is 29.9 Å². The lowest BCUT2D eigenvalue weighted by Crippen LogP contribution is -2.69. The molecule has 1 aromatic rings. The molecule has 22 atom stereocenters. The number of aliphatic hydroxyl groups excluding tert-OH is 7. The standard InChI is InChI=1S/C52H73NO23/c1-24-45(31(56)18-38(71-24)72-27-7-12-50(23-55)29-8-11-49(2)28(26-17-37(58)69-21-26)10-14-52(49,66)30(29)9-13-51(50,65)19-27)75-48-44(64)42(62)46(34(20-54)73-48)76-47-43(63)41(61)40(60)35(74-47)22-70-53-36(57)6-5-25-15-32(67-3)39(59)33(16-25)68-4/h5-6,15-17,23-24,27-31,34-35,38,40-48,54,56,59-66H,7-14,18-22H2,1-4H3,(H,53,57). The van der Waals surface area contributed by atoms with Crippen LogP contribution in [0.25, 0.3) is 6.08 Å². The van der Waals surface area contributed by atoms with Gasteiger partial charge < -0.3 is 98.5 Å². The first-order chi connectivity index (χ1) is 36.1. The van der Waals surface area contributed by atoms with Crippen LogP contribution in [0.2, 0.25) is 0 Å². The molecule has 11 N–H and O–H groups in total. The summed E-state index contributed by atoms with van der Waals surface area (Å²) in [7, 11) is 2.68. The van der Waals surface area contributed by atoms with E-state index in [0.717, 1.165) is 17.9 Å². The third-order valence-electron chi connectivity index (χ3n) is 18.2. The number of aldehydes is 1. The van der Waals surface area contributed by atoms with Crippen LogP contribution in [0, 0.1) is 28.6 Å². The highest BCUT2D eigenvalue weighted by Gasteiger charge is 2.72. The Morgan fingerprint density at radius 2 is 1.49 bits per heavy atom. The van der Waals surface area contributed by atoms with Gasteiger partial charge in [-0.05, 0) is 105 Å². The van der Waals surface area contributed by atoms with E-state index in [0.29, 0.717) is 50.5 Å². The van der Waals surface area contributed by atoms with Crippen LogP contribution in [-0.4, -0.2) is 207 Å². The molecule has 22 unspecified atom stereocenters. The van der Waals surface area contributed by atoms with Gasteiger partial charge in [0.25, 0.3) is 5.91 Å². The largest absolute Gasteiger partial charge is 0.502 e. The molecule has 1 amide bonds. The zero-order valence-electron chi connectivity index (χ0n) is 42.8. The van der Waals surface area contributed by atoms with Gasteiger partial charge in [0, 0.05) is 30.4 Å². The van der Waals surface area contributed by atoms with E-state index in [9.17, 15) is 65.4 Å². The lowest BCUT2D eigenvalue weighted by atomic mass is 9.41. The van der Waals surface area contributed by atoms with Gasteiger partial charge in [-0.3, -0.25) is 9.63 Å². The SMILES string of the molecule is COc1cc(C=CC(=O)NOCC2OC(OC3C(CO)OC(OC4C(O)CC(OC5CCC6(C=O)C7CCC8(C)C(C9=CC(=O)OC9)CCC8(O)C7CCC6(O)C5)OC4C)C(O)C3O)C(O)C(O)C2O)cc(OC)c1O. The molecule has 7 fully saturated rings. The van der Waals surface area contributed by atoms with Gasteiger partial charge in [0.15, 0.2) is 30.4 Å². The Hall–Kier alpha value is -3.93. The second kappa shape index (κ2) is 22.3. The fraction of sp³-hybridized carbons (Fsp3) is 0.750. The predicted octanol–water partition coefficient (Wildman–Crippen LogP) is -1.08. The van der Waals surface area contributed by atoms with E-state index in [1.165, 1.54) is 32.4 Å². The molecular weight excluding hydrogens is 1010 g/mol. The fourth-order valence-electron chi connectivity index (χ4n) is 14.2. The summed E-state index contributed by atoms with van der Waals surface area (Å²) in [6.45, 7) is 2.49. The molecule has 424 valence electrons. The lowest BCUT2D eigenvalue weighted by molar-refractivity contribution is -0.373. The molecule has 24 nitrogen and oxygen atoms in total. The summed E-state index contributed by atoms with van der Waals surface area (Å²) in [4.78, 5) is 43.1. The van der Waals surface area contributed by atoms with Crippen LogP contribution in [0.5, 0.6) is 17.2 Å². The van der Waals surface area contributed by atoms with Gasteiger partial charge in [-0.2, -0.15) is 0 Å². The van der Waals surface area contributed by atoms with Crippen molar-refractivity contribution in [3.05, 3.63) is 35.4 Å². The van der Waals surface area contributed by atoms with Crippen LogP contribution in [0.3, 0.4) is 0 Å². The molecule has 4 aliphatic heterocycles. The minimum absolute atomic E-state index is 0.0239. The molecule has 4 aliphatic carbocycles. The number of phenolic OH excluding ortho intramolecular Hbond substituents is 1. The number of aliphatic hydroxyl groups is 9. The molecule has 8 aliphatic rings. The number of fused-ring (bicyclic) bond motifs is 5. The van der Waals surface area contributed by atoms with Crippen molar-refractivity contribution in [1.82, 2.24) is 5.48 Å². The van der Waals surface area contributed by atoms with Crippen molar-refractivity contribution in [2.45, 2.75) is 181 Å². The minimum Gasteiger partial charge on any atom is -0.502 e. The molecule has 24 heteroatoms. The molecule has 1 aromatic carbocycles. The van der Waals surface area contributed by atoms with Crippen molar-refractivity contribution >= 4 is 24.2 Å². The van der Waals surface area contributed by atoms with E-state index in [1.807, 2.05) is 0 Å². The molecule has 0 bridgehead atoms. The van der Waals surface area contributed by atoms with Crippen molar-refractivity contribution < 1.29 is 113 Å². The number of rotatable bonds is 16. The normalized spacial score (nSPS) is 45.3. The highest BCUT2D eigenvalue weighted by atomic mass is 16.8. The lowest BCUT2D eigenvalue weighted by Gasteiger charge is -2.65. The molecule has 3 saturated heterocycles. The van der Waals surface area contributed by atoms with E-state index in [2.05, 4.69) is 12.4 Å². The molecule has 0 spiro atoms. The topological polar surface area (TPSA) is 358 Å². The highest BCUT2D eigenvalue weighted by Crippen LogP contribution is 2.70. The first kappa shape index (κ1) is 56.8. The van der Waals surface area contributed by atoms with E-state index in [-0.39, 0.29) is 66.8 Å². The van der Waals surface area contributed by atoms with Gasteiger partial charge in [-0.1, -0.05) is 6.92 Å². The number of ether oxygens (including phenoxy) is 9. The Balaban J connectivity index is 0.764. The van der Waals surface area contributed by atoms with Crippen LogP contribution >= 0.6 is 0 Å². The maximum atomic E-state index is 13.4. The van der Waals surface area contributed by atoms with Crippen LogP contribution < -0.4 is 15.0 Å². The number of hydrogen-bond donors (Lipinski definition) is 11. The summed E-state index contributed by atoms with van der Waals surface area (Å²) in [5.41, 5.74) is -0.720. The molecule has 76 heavy (non-hydrogen) atoms. The number of aromatic hydroxyl groups is 1. The number of hydrogen-bond acceptors (Lipinski definition) is 23. The van der Waals surface area contributed by atoms with Gasteiger partial charge in [0.2, 0.25) is 5.75 Å².